The molecular weight excluding hydrogens is 282 g/mol. The largest absolute Gasteiger partial charge is 0.395 e. The summed E-state index contributed by atoms with van der Waals surface area (Å²) in [6, 6.07) is 8.06. The van der Waals surface area contributed by atoms with E-state index in [-0.39, 0.29) is 12.5 Å². The van der Waals surface area contributed by atoms with E-state index in [1.54, 1.807) is 0 Å². The Morgan fingerprint density at radius 3 is 2.53 bits per heavy atom. The number of nitrogens with one attached hydrogen (secondary N) is 1. The van der Waals surface area contributed by atoms with Crippen LogP contribution in [0.2, 0.25) is 0 Å². The number of carbonyl (C=O) groups is 1. The minimum Gasteiger partial charge on any atom is -0.395 e. The van der Waals surface area contributed by atoms with Gasteiger partial charge in [0, 0.05) is 11.0 Å². The molecule has 0 heterocycles. The molecule has 1 fully saturated rings. The van der Waals surface area contributed by atoms with E-state index in [9.17, 15) is 4.79 Å². The number of aliphatic hydroxyl groups excluding tert-OH is 1. The van der Waals surface area contributed by atoms with E-state index >= 15 is 0 Å². The van der Waals surface area contributed by atoms with Crippen LogP contribution in [0.1, 0.15) is 18.4 Å². The highest BCUT2D eigenvalue weighted by Crippen LogP contribution is 2.45. The van der Waals surface area contributed by atoms with Crippen molar-refractivity contribution in [2.45, 2.75) is 19.3 Å². The minimum atomic E-state index is -0.459. The lowest BCUT2D eigenvalue weighted by Crippen LogP contribution is -2.35. The summed E-state index contributed by atoms with van der Waals surface area (Å²) in [5.41, 5.74) is 0.738. The van der Waals surface area contributed by atoms with Gasteiger partial charge in [-0.2, -0.15) is 0 Å². The fourth-order valence-electron chi connectivity index (χ4n) is 1.77. The number of rotatable bonds is 5. The highest BCUT2D eigenvalue weighted by Gasteiger charge is 2.49. The maximum absolute atomic E-state index is 11.7. The summed E-state index contributed by atoms with van der Waals surface area (Å²) in [5, 5.41) is 12.0. The molecule has 4 heteroatoms. The van der Waals surface area contributed by atoms with Gasteiger partial charge >= 0.3 is 0 Å². The molecule has 1 amide bonds. The molecule has 1 aromatic carbocycles. The summed E-state index contributed by atoms with van der Waals surface area (Å²) in [4.78, 5) is 11.7. The summed E-state index contributed by atoms with van der Waals surface area (Å²) in [7, 11) is 0. The second-order valence-electron chi connectivity index (χ2n) is 4.57. The van der Waals surface area contributed by atoms with Crippen molar-refractivity contribution in [2.24, 2.45) is 5.41 Å². The fourth-order valence-corrected chi connectivity index (χ4v) is 2.03. The van der Waals surface area contributed by atoms with Gasteiger partial charge in [0.05, 0.1) is 12.0 Å². The van der Waals surface area contributed by atoms with Crippen LogP contribution in [0.25, 0.3) is 0 Å². The summed E-state index contributed by atoms with van der Waals surface area (Å²) in [6.07, 6.45) is 2.45. The van der Waals surface area contributed by atoms with Crippen molar-refractivity contribution in [1.82, 2.24) is 5.32 Å². The Hall–Kier alpha value is -0.870. The molecule has 0 spiro atoms. The first-order valence-corrected chi connectivity index (χ1v) is 6.59. The third kappa shape index (κ3) is 3.07. The van der Waals surface area contributed by atoms with Crippen LogP contribution in [0.5, 0.6) is 0 Å². The van der Waals surface area contributed by atoms with Gasteiger partial charge in [0.2, 0.25) is 5.91 Å². The van der Waals surface area contributed by atoms with Crippen LogP contribution in [0, 0.1) is 5.41 Å². The van der Waals surface area contributed by atoms with E-state index in [0.29, 0.717) is 6.54 Å². The summed E-state index contributed by atoms with van der Waals surface area (Å²) in [5.74, 6) is -0.00267. The van der Waals surface area contributed by atoms with Gasteiger partial charge in [0.1, 0.15) is 0 Å². The molecular formula is C13H16BrNO2. The van der Waals surface area contributed by atoms with Gasteiger partial charge in [-0.25, -0.2) is 0 Å². The molecule has 0 aromatic heterocycles. The molecule has 0 aliphatic heterocycles. The van der Waals surface area contributed by atoms with Crippen molar-refractivity contribution in [3.63, 3.8) is 0 Å². The third-order valence-corrected chi connectivity index (χ3v) is 3.78. The van der Waals surface area contributed by atoms with Gasteiger partial charge in [0.15, 0.2) is 0 Å². The van der Waals surface area contributed by atoms with Crippen molar-refractivity contribution in [3.8, 4) is 0 Å². The first kappa shape index (κ1) is 12.6. The maximum atomic E-state index is 11.7. The highest BCUT2D eigenvalue weighted by molar-refractivity contribution is 9.10. The van der Waals surface area contributed by atoms with Gasteiger partial charge < -0.3 is 10.4 Å². The van der Waals surface area contributed by atoms with Crippen molar-refractivity contribution in [1.29, 1.82) is 0 Å². The molecule has 0 atom stereocenters. The fraction of sp³-hybridized carbons (Fsp3) is 0.462. The van der Waals surface area contributed by atoms with Crippen LogP contribution in [-0.2, 0) is 11.2 Å². The predicted octanol–water partition coefficient (Wildman–Crippen LogP) is 1.88. The molecule has 1 aliphatic carbocycles. The Labute approximate surface area is 109 Å². The third-order valence-electron chi connectivity index (χ3n) is 3.25. The average Bonchev–Trinajstić information content (AvgIpc) is 3.12. The van der Waals surface area contributed by atoms with E-state index in [4.69, 9.17) is 5.11 Å². The molecule has 0 radical (unpaired) electrons. The van der Waals surface area contributed by atoms with Gasteiger partial charge in [-0.05, 0) is 37.0 Å². The molecule has 2 N–H and O–H groups in total. The van der Waals surface area contributed by atoms with Crippen LogP contribution >= 0.6 is 15.9 Å². The van der Waals surface area contributed by atoms with Crippen LogP contribution in [0.4, 0.5) is 0 Å². The van der Waals surface area contributed by atoms with Crippen molar-refractivity contribution >= 4 is 21.8 Å². The van der Waals surface area contributed by atoms with E-state index in [2.05, 4.69) is 21.2 Å². The predicted molar refractivity (Wildman–Crippen MR) is 69.6 cm³/mol. The molecule has 92 valence electrons. The van der Waals surface area contributed by atoms with Gasteiger partial charge in [-0.1, -0.05) is 28.1 Å². The summed E-state index contributed by atoms with van der Waals surface area (Å²) >= 11 is 3.38. The van der Waals surface area contributed by atoms with Gasteiger partial charge in [0.25, 0.3) is 0 Å². The van der Waals surface area contributed by atoms with Gasteiger partial charge in [-0.15, -0.1) is 0 Å². The van der Waals surface area contributed by atoms with Crippen molar-refractivity contribution < 1.29 is 9.90 Å². The highest BCUT2D eigenvalue weighted by atomic mass is 79.9. The Morgan fingerprint density at radius 1 is 1.35 bits per heavy atom. The van der Waals surface area contributed by atoms with Crippen LogP contribution in [0.3, 0.4) is 0 Å². The smallest absolute Gasteiger partial charge is 0.228 e. The first-order valence-electron chi connectivity index (χ1n) is 5.80. The monoisotopic (exact) mass is 297 g/mol. The number of amides is 1. The second-order valence-corrected chi connectivity index (χ2v) is 5.49. The topological polar surface area (TPSA) is 49.3 Å². The average molecular weight is 298 g/mol. The Bertz CT molecular complexity index is 398. The SMILES string of the molecule is O=C(NCCc1ccc(Br)cc1)C1(CO)CC1. The zero-order valence-electron chi connectivity index (χ0n) is 9.58. The molecule has 3 nitrogen and oxygen atoms in total. The lowest BCUT2D eigenvalue weighted by Gasteiger charge is -2.12. The minimum absolute atomic E-state index is 0.00267. The number of aliphatic hydroxyl groups is 1. The number of hydrogen-bond donors (Lipinski definition) is 2. The van der Waals surface area contributed by atoms with E-state index < -0.39 is 5.41 Å². The molecule has 2 rings (SSSR count). The van der Waals surface area contributed by atoms with Crippen LogP contribution < -0.4 is 5.32 Å². The number of halogens is 1. The van der Waals surface area contributed by atoms with E-state index in [1.165, 1.54) is 5.56 Å². The Balaban J connectivity index is 1.76. The summed E-state index contributed by atoms with van der Waals surface area (Å²) < 4.78 is 1.06. The van der Waals surface area contributed by atoms with Crippen molar-refractivity contribution in [2.75, 3.05) is 13.2 Å². The zero-order valence-corrected chi connectivity index (χ0v) is 11.2. The zero-order chi connectivity index (χ0) is 12.3. The molecule has 17 heavy (non-hydrogen) atoms. The molecule has 0 unspecified atom stereocenters. The normalized spacial score (nSPS) is 16.6. The van der Waals surface area contributed by atoms with Crippen molar-refractivity contribution in [3.05, 3.63) is 34.3 Å². The Kier molecular flexibility index (Phi) is 3.84. The molecule has 1 aromatic rings. The number of carbonyl (C=O) groups excluding carboxylic acids is 1. The summed E-state index contributed by atoms with van der Waals surface area (Å²) in [6.45, 7) is 0.597. The van der Waals surface area contributed by atoms with Crippen LogP contribution in [0.15, 0.2) is 28.7 Å². The van der Waals surface area contributed by atoms with Gasteiger partial charge in [-0.3, -0.25) is 4.79 Å². The van der Waals surface area contributed by atoms with E-state index in [1.807, 2.05) is 24.3 Å². The second kappa shape index (κ2) is 5.19. The standard InChI is InChI=1S/C13H16BrNO2/c14-11-3-1-10(2-4-11)5-8-15-12(17)13(9-16)6-7-13/h1-4,16H,5-9H2,(H,15,17). The maximum Gasteiger partial charge on any atom is 0.228 e. The number of hydrogen-bond acceptors (Lipinski definition) is 2. The number of benzene rings is 1. The first-order chi connectivity index (χ1) is 8.16. The van der Waals surface area contributed by atoms with E-state index in [0.717, 1.165) is 23.7 Å². The Morgan fingerprint density at radius 2 is 2.00 bits per heavy atom. The molecule has 1 aliphatic rings. The lowest BCUT2D eigenvalue weighted by atomic mass is 10.1. The lowest BCUT2D eigenvalue weighted by molar-refractivity contribution is -0.127. The molecule has 1 saturated carbocycles. The molecule has 0 saturated heterocycles. The molecule has 0 bridgehead atoms. The quantitative estimate of drug-likeness (QED) is 0.872. The van der Waals surface area contributed by atoms with Crippen LogP contribution in [-0.4, -0.2) is 24.2 Å².